The fourth-order valence-corrected chi connectivity index (χ4v) is 7.02. The van der Waals surface area contributed by atoms with Crippen LogP contribution < -0.4 is 0 Å². The Morgan fingerprint density at radius 2 is 1.78 bits per heavy atom. The number of carbonyl (C=O) groups is 1. The first kappa shape index (κ1) is 22.8. The Balaban J connectivity index is 1.59. The Kier molecular flexibility index (Phi) is 5.40. The molecule has 0 aromatic heterocycles. The number of esters is 1. The van der Waals surface area contributed by atoms with Gasteiger partial charge in [0.1, 0.15) is 12.6 Å². The number of hydrogen-bond acceptors (Lipinski definition) is 4. The summed E-state index contributed by atoms with van der Waals surface area (Å²) in [5.74, 6) is -0.823. The van der Waals surface area contributed by atoms with E-state index in [1.165, 1.54) is 6.07 Å². The number of fused-ring (bicyclic) bond motifs is 1. The van der Waals surface area contributed by atoms with E-state index in [9.17, 15) is 26.4 Å². The summed E-state index contributed by atoms with van der Waals surface area (Å²) in [5, 5.41) is -0.336. The minimum atomic E-state index is -4.58. The molecular weight excluding hydrogens is 443 g/mol. The third-order valence-corrected chi connectivity index (χ3v) is 9.59. The number of carbonyl (C=O) groups excluding carboxylic acids is 1. The minimum absolute atomic E-state index is 0.0360. The molecule has 1 aliphatic heterocycles. The molecule has 0 amide bonds. The average Bonchev–Trinajstić information content (AvgIpc) is 3.16. The zero-order chi connectivity index (χ0) is 23.5. The molecule has 1 aliphatic carbocycles. The first-order valence-corrected chi connectivity index (χ1v) is 11.8. The maximum absolute atomic E-state index is 13.3. The molecule has 3 atom stereocenters. The number of quaternary nitrogens is 1. The number of benzene rings is 2. The van der Waals surface area contributed by atoms with Crippen molar-refractivity contribution in [3.63, 3.8) is 0 Å². The number of hydrogen-bond donors (Lipinski definition) is 0. The fourth-order valence-electron chi connectivity index (χ4n) is 4.97. The van der Waals surface area contributed by atoms with E-state index in [1.54, 1.807) is 14.0 Å². The summed E-state index contributed by atoms with van der Waals surface area (Å²) >= 11 is 0. The average molecular weight is 469 g/mol. The molecule has 3 unspecified atom stereocenters. The molecule has 1 fully saturated rings. The van der Waals surface area contributed by atoms with Crippen molar-refractivity contribution >= 4 is 16.0 Å². The number of rotatable bonds is 4. The van der Waals surface area contributed by atoms with E-state index < -0.39 is 27.7 Å². The fraction of sp³-hybridized carbons (Fsp3) is 0.435. The molecule has 2 aromatic rings. The first-order valence-electron chi connectivity index (χ1n) is 10.3. The van der Waals surface area contributed by atoms with Gasteiger partial charge in [0.25, 0.3) is 0 Å². The van der Waals surface area contributed by atoms with Crippen LogP contribution in [0.15, 0.2) is 36.4 Å². The number of nitrogens with zero attached hydrogens (tertiary/aromatic N) is 1. The number of alkyl halides is 3. The first-order chi connectivity index (χ1) is 14.8. The van der Waals surface area contributed by atoms with Gasteiger partial charge in [-0.1, -0.05) is 18.2 Å². The van der Waals surface area contributed by atoms with Crippen molar-refractivity contribution in [2.75, 3.05) is 20.7 Å². The van der Waals surface area contributed by atoms with E-state index in [0.29, 0.717) is 24.9 Å². The molecule has 2 aromatic carbocycles. The van der Waals surface area contributed by atoms with E-state index in [0.717, 1.165) is 35.9 Å². The maximum Gasteiger partial charge on any atom is 0.416 e. The van der Waals surface area contributed by atoms with Gasteiger partial charge in [-0.25, -0.2) is 8.68 Å². The molecule has 4 rings (SSSR count). The Morgan fingerprint density at radius 1 is 1.09 bits per heavy atom. The molecular formula is C23H25F3NO4S+. The van der Waals surface area contributed by atoms with Crippen LogP contribution in [0.4, 0.5) is 13.2 Å². The summed E-state index contributed by atoms with van der Waals surface area (Å²) in [5.41, 5.74) is 2.23. The molecule has 1 heterocycles. The van der Waals surface area contributed by atoms with Crippen molar-refractivity contribution in [2.24, 2.45) is 0 Å². The Labute approximate surface area is 185 Å². The van der Waals surface area contributed by atoms with Crippen LogP contribution in [0, 0.1) is 0 Å². The summed E-state index contributed by atoms with van der Waals surface area (Å²) in [7, 11) is -0.314. The van der Waals surface area contributed by atoms with Gasteiger partial charge in [0.2, 0.25) is 0 Å². The molecule has 2 aliphatic rings. The van der Waals surface area contributed by atoms with E-state index >= 15 is 0 Å². The van der Waals surface area contributed by atoms with Crippen LogP contribution in [0.1, 0.15) is 45.1 Å². The number of likely N-dealkylation sites (N-methyl/N-ethyl adjacent to an activating group) is 1. The quantitative estimate of drug-likeness (QED) is 0.507. The zero-order valence-electron chi connectivity index (χ0n) is 18.1. The highest BCUT2D eigenvalue weighted by Crippen LogP contribution is 2.40. The largest absolute Gasteiger partial charge is 0.465 e. The zero-order valence-corrected chi connectivity index (χ0v) is 18.9. The topological polar surface area (TPSA) is 60.4 Å². The SMILES string of the molecule is COC(=O)c1cc(Cc2ccc3c(c2)CC([N+]2(C)CC(C)S2(=O)=O)C3)cc(C(F)(F)F)c1. The van der Waals surface area contributed by atoms with Gasteiger partial charge in [-0.15, -0.1) is 0 Å². The summed E-state index contributed by atoms with van der Waals surface area (Å²) < 4.78 is 69.7. The molecule has 0 saturated carbocycles. The van der Waals surface area contributed by atoms with Crippen LogP contribution in [0.5, 0.6) is 0 Å². The van der Waals surface area contributed by atoms with Crippen LogP contribution in [-0.2, 0) is 40.2 Å². The van der Waals surface area contributed by atoms with Crippen molar-refractivity contribution < 1.29 is 35.0 Å². The molecule has 0 N–H and O–H groups in total. The molecule has 0 spiro atoms. The van der Waals surface area contributed by atoms with Crippen molar-refractivity contribution in [1.29, 1.82) is 0 Å². The molecule has 172 valence electrons. The molecule has 1 saturated heterocycles. The monoisotopic (exact) mass is 468 g/mol. The van der Waals surface area contributed by atoms with Gasteiger partial charge in [-0.05, 0) is 53.8 Å². The second-order valence-electron chi connectivity index (χ2n) is 8.93. The summed E-state index contributed by atoms with van der Waals surface area (Å²) in [6, 6.07) is 8.92. The van der Waals surface area contributed by atoms with Crippen molar-refractivity contribution in [1.82, 2.24) is 0 Å². The number of ether oxygens (including phenoxy) is 1. The van der Waals surface area contributed by atoms with Crippen molar-refractivity contribution in [3.8, 4) is 0 Å². The van der Waals surface area contributed by atoms with Crippen LogP contribution in [-0.4, -0.2) is 50.3 Å². The van der Waals surface area contributed by atoms with Crippen LogP contribution in [0.3, 0.4) is 0 Å². The van der Waals surface area contributed by atoms with Crippen LogP contribution in [0.25, 0.3) is 0 Å². The van der Waals surface area contributed by atoms with E-state index in [4.69, 9.17) is 0 Å². The van der Waals surface area contributed by atoms with Crippen molar-refractivity contribution in [2.45, 2.75) is 43.7 Å². The molecule has 32 heavy (non-hydrogen) atoms. The smallest absolute Gasteiger partial charge is 0.416 e. The third kappa shape index (κ3) is 3.71. The highest BCUT2D eigenvalue weighted by molar-refractivity contribution is 7.87. The van der Waals surface area contributed by atoms with E-state index in [1.807, 2.05) is 18.2 Å². The lowest BCUT2D eigenvalue weighted by atomic mass is 9.97. The summed E-state index contributed by atoms with van der Waals surface area (Å²) in [6.07, 6.45) is -3.09. The standard InChI is InChI=1S/C23H25F3NO4S/c1-14-13-27(2,32(14,29)30)21-11-17-5-4-15(7-18(17)12-21)6-16-8-19(22(28)31-3)10-20(9-16)23(24,25)26/h4-5,7-10,14,21H,6,11-13H2,1-3H3/q+1. The van der Waals surface area contributed by atoms with Gasteiger partial charge in [-0.3, -0.25) is 0 Å². The Bertz CT molecular complexity index is 1190. The lowest BCUT2D eigenvalue weighted by Crippen LogP contribution is -2.71. The van der Waals surface area contributed by atoms with Gasteiger partial charge < -0.3 is 4.74 Å². The van der Waals surface area contributed by atoms with Crippen LogP contribution in [0.2, 0.25) is 0 Å². The predicted octanol–water partition coefficient (Wildman–Crippen LogP) is 3.73. The molecule has 0 bridgehead atoms. The number of halogens is 3. The second kappa shape index (κ2) is 7.59. The van der Waals surface area contributed by atoms with Gasteiger partial charge in [0.15, 0.2) is 5.25 Å². The molecule has 5 nitrogen and oxygen atoms in total. The normalized spacial score (nSPS) is 26.3. The Hall–Kier alpha value is -2.39. The van der Waals surface area contributed by atoms with Crippen molar-refractivity contribution in [3.05, 3.63) is 69.8 Å². The molecule has 9 heteroatoms. The van der Waals surface area contributed by atoms with E-state index in [2.05, 4.69) is 4.74 Å². The van der Waals surface area contributed by atoms with Gasteiger partial charge in [-0.2, -0.15) is 21.6 Å². The lowest BCUT2D eigenvalue weighted by Gasteiger charge is -2.48. The highest BCUT2D eigenvalue weighted by atomic mass is 32.2. The predicted molar refractivity (Wildman–Crippen MR) is 113 cm³/mol. The van der Waals surface area contributed by atoms with E-state index in [-0.39, 0.29) is 27.2 Å². The third-order valence-electron chi connectivity index (χ3n) is 6.81. The van der Waals surface area contributed by atoms with Gasteiger partial charge in [0, 0.05) is 12.8 Å². The Morgan fingerprint density at radius 3 is 2.38 bits per heavy atom. The highest BCUT2D eigenvalue weighted by Gasteiger charge is 2.59. The van der Waals surface area contributed by atoms with Gasteiger partial charge >= 0.3 is 22.2 Å². The summed E-state index contributed by atoms with van der Waals surface area (Å²) in [6.45, 7) is 2.32. The minimum Gasteiger partial charge on any atom is -0.465 e. The summed E-state index contributed by atoms with van der Waals surface area (Å²) in [4.78, 5) is 11.8. The van der Waals surface area contributed by atoms with Crippen LogP contribution >= 0.6 is 0 Å². The van der Waals surface area contributed by atoms with Gasteiger partial charge in [0.05, 0.1) is 25.3 Å². The number of sulfonamides is 1. The maximum atomic E-state index is 13.3. The number of methoxy groups -OCH3 is 1. The molecule has 0 radical (unpaired) electrons. The second-order valence-corrected chi connectivity index (χ2v) is 11.6. The lowest BCUT2D eigenvalue weighted by molar-refractivity contribution is -0.830.